The van der Waals surface area contributed by atoms with Crippen molar-refractivity contribution >= 4 is 15.9 Å². The monoisotopic (exact) mass is 257 g/mol. The van der Waals surface area contributed by atoms with Crippen LogP contribution < -0.4 is 10.1 Å². The number of alkyl halides is 1. The first-order valence-electron chi connectivity index (χ1n) is 4.60. The molecule has 0 unspecified atom stereocenters. The van der Waals surface area contributed by atoms with Crippen LogP contribution in [0.2, 0.25) is 0 Å². The van der Waals surface area contributed by atoms with Gasteiger partial charge in [0.25, 0.3) is 0 Å². The Balaban J connectivity index is 2.92. The quantitative estimate of drug-likeness (QED) is 0.662. The number of rotatable bonds is 4. The van der Waals surface area contributed by atoms with E-state index in [-0.39, 0.29) is 0 Å². The van der Waals surface area contributed by atoms with Gasteiger partial charge in [-0.2, -0.15) is 0 Å². The first kappa shape index (κ1) is 11.5. The van der Waals surface area contributed by atoms with Crippen LogP contribution in [-0.4, -0.2) is 12.6 Å². The maximum Gasteiger partial charge on any atom is 0.122 e. The number of ether oxygens (including phenoxy) is 1. The van der Waals surface area contributed by atoms with Crippen LogP contribution in [0.15, 0.2) is 12.1 Å². The molecule has 1 aromatic rings. The van der Waals surface area contributed by atoms with E-state index in [1.165, 1.54) is 16.7 Å². The van der Waals surface area contributed by atoms with E-state index in [1.807, 2.05) is 6.07 Å². The number of benzene rings is 1. The summed E-state index contributed by atoms with van der Waals surface area (Å²) in [5.74, 6) is 0.963. The molecule has 0 radical (unpaired) electrons. The summed E-state index contributed by atoms with van der Waals surface area (Å²) in [5, 5.41) is 3.25. The molecule has 0 saturated heterocycles. The third-order valence-electron chi connectivity index (χ3n) is 2.48. The van der Waals surface area contributed by atoms with Crippen molar-refractivity contribution < 1.29 is 4.74 Å². The molecule has 3 heteroatoms. The Morgan fingerprint density at radius 1 is 1.29 bits per heavy atom. The summed E-state index contributed by atoms with van der Waals surface area (Å²) in [4.78, 5) is 0. The molecule has 14 heavy (non-hydrogen) atoms. The van der Waals surface area contributed by atoms with E-state index in [4.69, 9.17) is 4.74 Å². The molecule has 0 atom stereocenters. The minimum atomic E-state index is 0.817. The molecule has 0 heterocycles. The van der Waals surface area contributed by atoms with Gasteiger partial charge in [0.1, 0.15) is 5.75 Å². The standard InChI is InChI=1S/C11H16BrNO/c1-8-9(2)11(14-3)5-4-10(8)6-13-7-12/h4-5,13H,6-7H2,1-3H3. The van der Waals surface area contributed by atoms with Crippen LogP contribution in [0.5, 0.6) is 5.75 Å². The number of nitrogens with one attached hydrogen (secondary N) is 1. The number of hydrogen-bond donors (Lipinski definition) is 1. The fraction of sp³-hybridized carbons (Fsp3) is 0.455. The summed E-state index contributed by atoms with van der Waals surface area (Å²) in [5.41, 5.74) is 4.67. The summed E-state index contributed by atoms with van der Waals surface area (Å²) < 4.78 is 5.26. The largest absolute Gasteiger partial charge is 0.496 e. The van der Waals surface area contributed by atoms with Gasteiger partial charge in [0.05, 0.1) is 12.6 Å². The van der Waals surface area contributed by atoms with Crippen molar-refractivity contribution in [2.75, 3.05) is 12.6 Å². The lowest BCUT2D eigenvalue weighted by molar-refractivity contribution is 0.411. The lowest BCUT2D eigenvalue weighted by Gasteiger charge is -2.12. The van der Waals surface area contributed by atoms with Gasteiger partial charge in [-0.3, -0.25) is 0 Å². The van der Waals surface area contributed by atoms with Gasteiger partial charge in [0, 0.05) is 6.54 Å². The van der Waals surface area contributed by atoms with Crippen LogP contribution in [0.25, 0.3) is 0 Å². The zero-order valence-electron chi connectivity index (χ0n) is 8.86. The zero-order valence-corrected chi connectivity index (χ0v) is 10.4. The number of hydrogen-bond acceptors (Lipinski definition) is 2. The van der Waals surface area contributed by atoms with Gasteiger partial charge in [-0.05, 0) is 36.6 Å². The second-order valence-electron chi connectivity index (χ2n) is 3.24. The van der Waals surface area contributed by atoms with Crippen LogP contribution in [0.4, 0.5) is 0 Å². The summed E-state index contributed by atoms with van der Waals surface area (Å²) >= 11 is 3.34. The minimum absolute atomic E-state index is 0.817. The summed E-state index contributed by atoms with van der Waals surface area (Å²) in [6.45, 7) is 5.11. The van der Waals surface area contributed by atoms with E-state index in [9.17, 15) is 0 Å². The molecule has 1 N–H and O–H groups in total. The first-order valence-corrected chi connectivity index (χ1v) is 5.72. The average Bonchev–Trinajstić information content (AvgIpc) is 2.20. The van der Waals surface area contributed by atoms with Crippen molar-refractivity contribution in [2.45, 2.75) is 20.4 Å². The molecule has 1 rings (SSSR count). The highest BCUT2D eigenvalue weighted by Crippen LogP contribution is 2.23. The second-order valence-corrected chi connectivity index (χ2v) is 3.80. The highest BCUT2D eigenvalue weighted by molar-refractivity contribution is 9.09. The van der Waals surface area contributed by atoms with Gasteiger partial charge >= 0.3 is 0 Å². The van der Waals surface area contributed by atoms with E-state index >= 15 is 0 Å². The average molecular weight is 258 g/mol. The van der Waals surface area contributed by atoms with Gasteiger partial charge in [0.2, 0.25) is 0 Å². The second kappa shape index (κ2) is 5.37. The molecule has 78 valence electrons. The Labute approximate surface area is 93.8 Å². The molecule has 2 nitrogen and oxygen atoms in total. The van der Waals surface area contributed by atoms with Gasteiger partial charge in [0.15, 0.2) is 0 Å². The first-order chi connectivity index (χ1) is 6.70. The summed E-state index contributed by atoms with van der Waals surface area (Å²) in [6.07, 6.45) is 0. The Morgan fingerprint density at radius 3 is 2.57 bits per heavy atom. The van der Waals surface area contributed by atoms with Crippen LogP contribution >= 0.6 is 15.9 Å². The fourth-order valence-electron chi connectivity index (χ4n) is 1.45. The lowest BCUT2D eigenvalue weighted by Crippen LogP contribution is -2.11. The van der Waals surface area contributed by atoms with Crippen molar-refractivity contribution in [3.63, 3.8) is 0 Å². The van der Waals surface area contributed by atoms with Crippen LogP contribution in [-0.2, 0) is 6.54 Å². The maximum absolute atomic E-state index is 5.26. The maximum atomic E-state index is 5.26. The highest BCUT2D eigenvalue weighted by atomic mass is 79.9. The third kappa shape index (κ3) is 2.49. The Bertz CT molecular complexity index is 312. The van der Waals surface area contributed by atoms with Crippen LogP contribution in [0, 0.1) is 13.8 Å². The van der Waals surface area contributed by atoms with Gasteiger partial charge in [-0.1, -0.05) is 22.0 Å². The Morgan fingerprint density at radius 2 is 2.00 bits per heavy atom. The molecule has 0 fully saturated rings. The number of methoxy groups -OCH3 is 1. The molecule has 0 bridgehead atoms. The predicted octanol–water partition coefficient (Wildman–Crippen LogP) is 2.75. The molecular formula is C11H16BrNO. The Kier molecular flexibility index (Phi) is 4.42. The minimum Gasteiger partial charge on any atom is -0.496 e. The molecule has 0 aliphatic rings. The zero-order chi connectivity index (χ0) is 10.6. The lowest BCUT2D eigenvalue weighted by atomic mass is 10.0. The van der Waals surface area contributed by atoms with E-state index in [1.54, 1.807) is 7.11 Å². The van der Waals surface area contributed by atoms with Crippen molar-refractivity contribution in [3.05, 3.63) is 28.8 Å². The molecule has 1 aromatic carbocycles. The number of halogens is 1. The van der Waals surface area contributed by atoms with E-state index in [2.05, 4.69) is 41.2 Å². The summed E-state index contributed by atoms with van der Waals surface area (Å²) in [7, 11) is 1.71. The Hall–Kier alpha value is -0.540. The SMILES string of the molecule is COc1ccc(CNCBr)c(C)c1C. The molecule has 0 aliphatic heterocycles. The molecular weight excluding hydrogens is 242 g/mol. The smallest absolute Gasteiger partial charge is 0.122 e. The van der Waals surface area contributed by atoms with Crippen molar-refractivity contribution in [2.24, 2.45) is 0 Å². The van der Waals surface area contributed by atoms with Gasteiger partial charge in [-0.15, -0.1) is 0 Å². The van der Waals surface area contributed by atoms with E-state index in [0.29, 0.717) is 0 Å². The van der Waals surface area contributed by atoms with Gasteiger partial charge in [-0.25, -0.2) is 0 Å². The third-order valence-corrected chi connectivity index (χ3v) is 2.88. The highest BCUT2D eigenvalue weighted by Gasteiger charge is 2.05. The predicted molar refractivity (Wildman–Crippen MR) is 63.1 cm³/mol. The molecule has 0 amide bonds. The molecule has 0 saturated carbocycles. The van der Waals surface area contributed by atoms with Crippen LogP contribution in [0.1, 0.15) is 16.7 Å². The van der Waals surface area contributed by atoms with Crippen LogP contribution in [0.3, 0.4) is 0 Å². The van der Waals surface area contributed by atoms with E-state index < -0.39 is 0 Å². The van der Waals surface area contributed by atoms with Crippen molar-refractivity contribution in [3.8, 4) is 5.75 Å². The molecule has 0 aromatic heterocycles. The molecule has 0 spiro atoms. The van der Waals surface area contributed by atoms with Gasteiger partial charge < -0.3 is 10.1 Å². The normalized spacial score (nSPS) is 10.3. The summed E-state index contributed by atoms with van der Waals surface area (Å²) in [6, 6.07) is 4.13. The topological polar surface area (TPSA) is 21.3 Å². The van der Waals surface area contributed by atoms with Crippen molar-refractivity contribution in [1.82, 2.24) is 5.32 Å². The van der Waals surface area contributed by atoms with Crippen molar-refractivity contribution in [1.29, 1.82) is 0 Å². The van der Waals surface area contributed by atoms with E-state index in [0.717, 1.165) is 17.7 Å². The fourth-order valence-corrected chi connectivity index (χ4v) is 1.64. The molecule has 0 aliphatic carbocycles.